The van der Waals surface area contributed by atoms with Crippen molar-refractivity contribution in [1.82, 2.24) is 9.80 Å². The van der Waals surface area contributed by atoms with Gasteiger partial charge in [0.2, 0.25) is 0 Å². The van der Waals surface area contributed by atoms with Crippen LogP contribution in [0.25, 0.3) is 0 Å². The van der Waals surface area contributed by atoms with E-state index in [9.17, 15) is 0 Å². The highest BCUT2D eigenvalue weighted by Crippen LogP contribution is 2.29. The van der Waals surface area contributed by atoms with Gasteiger partial charge in [-0.05, 0) is 45.9 Å². The van der Waals surface area contributed by atoms with Crippen LogP contribution in [0.3, 0.4) is 0 Å². The van der Waals surface area contributed by atoms with Gasteiger partial charge in [0, 0.05) is 36.5 Å². The standard InChI is InChI=1S/C15H30N2S/c1-5-13-10-16-9-7-6-8-14(16)11-17(13)12-15(2,3)18-4/h13-14H,5-12H2,1-4H3. The summed E-state index contributed by atoms with van der Waals surface area (Å²) < 4.78 is 0.393. The molecule has 2 fully saturated rings. The number of piperidine rings is 1. The SMILES string of the molecule is CCC1CN2CCCCC2CN1CC(C)(C)SC. The van der Waals surface area contributed by atoms with Crippen LogP contribution >= 0.6 is 11.8 Å². The minimum atomic E-state index is 0.393. The molecule has 2 aliphatic rings. The molecule has 0 aromatic heterocycles. The Hall–Kier alpha value is 0.270. The fourth-order valence-electron chi connectivity index (χ4n) is 3.45. The number of rotatable bonds is 4. The fraction of sp³-hybridized carbons (Fsp3) is 1.00. The minimum Gasteiger partial charge on any atom is -0.298 e. The Labute approximate surface area is 117 Å². The highest BCUT2D eigenvalue weighted by atomic mass is 32.2. The lowest BCUT2D eigenvalue weighted by molar-refractivity contribution is 0.00458. The van der Waals surface area contributed by atoms with Crippen LogP contribution in [-0.2, 0) is 0 Å². The van der Waals surface area contributed by atoms with E-state index >= 15 is 0 Å². The normalized spacial score (nSPS) is 31.3. The van der Waals surface area contributed by atoms with E-state index < -0.39 is 0 Å². The van der Waals surface area contributed by atoms with Crippen LogP contribution in [0.5, 0.6) is 0 Å². The zero-order valence-electron chi connectivity index (χ0n) is 12.6. The number of fused-ring (bicyclic) bond motifs is 1. The maximum absolute atomic E-state index is 2.78. The van der Waals surface area contributed by atoms with E-state index in [0.717, 1.165) is 12.1 Å². The molecule has 0 amide bonds. The number of piperazine rings is 1. The van der Waals surface area contributed by atoms with Crippen molar-refractivity contribution in [2.75, 3.05) is 32.4 Å². The van der Waals surface area contributed by atoms with Gasteiger partial charge < -0.3 is 0 Å². The molecule has 2 rings (SSSR count). The molecule has 2 nitrogen and oxygen atoms in total. The van der Waals surface area contributed by atoms with Gasteiger partial charge in [-0.3, -0.25) is 9.80 Å². The summed E-state index contributed by atoms with van der Waals surface area (Å²) in [6, 6.07) is 1.63. The average Bonchev–Trinajstić information content (AvgIpc) is 2.37. The molecule has 0 aliphatic carbocycles. The van der Waals surface area contributed by atoms with Crippen LogP contribution in [0, 0.1) is 0 Å². The predicted octanol–water partition coefficient (Wildman–Crippen LogP) is 3.08. The van der Waals surface area contributed by atoms with E-state index in [1.54, 1.807) is 0 Å². The molecule has 2 saturated heterocycles. The van der Waals surface area contributed by atoms with Crippen molar-refractivity contribution in [3.8, 4) is 0 Å². The summed E-state index contributed by atoms with van der Waals surface area (Å²) in [5, 5.41) is 0. The summed E-state index contributed by atoms with van der Waals surface area (Å²) in [6.07, 6.45) is 7.83. The van der Waals surface area contributed by atoms with Gasteiger partial charge in [0.05, 0.1) is 0 Å². The third kappa shape index (κ3) is 3.43. The van der Waals surface area contributed by atoms with E-state index in [1.165, 1.54) is 51.9 Å². The Morgan fingerprint density at radius 1 is 1.22 bits per heavy atom. The lowest BCUT2D eigenvalue weighted by atomic mass is 9.95. The Bertz CT molecular complexity index is 267. The molecule has 0 aromatic carbocycles. The first kappa shape index (κ1) is 14.7. The zero-order valence-corrected chi connectivity index (χ0v) is 13.4. The van der Waals surface area contributed by atoms with Gasteiger partial charge >= 0.3 is 0 Å². The van der Waals surface area contributed by atoms with Crippen molar-refractivity contribution in [3.63, 3.8) is 0 Å². The largest absolute Gasteiger partial charge is 0.298 e. The summed E-state index contributed by atoms with van der Waals surface area (Å²) in [5.41, 5.74) is 0. The van der Waals surface area contributed by atoms with Gasteiger partial charge in [0.25, 0.3) is 0 Å². The molecule has 2 heterocycles. The maximum atomic E-state index is 2.78. The first-order valence-corrected chi connectivity index (χ1v) is 8.81. The van der Waals surface area contributed by atoms with Gasteiger partial charge in [-0.2, -0.15) is 11.8 Å². The summed E-state index contributed by atoms with van der Waals surface area (Å²) >= 11 is 2.01. The van der Waals surface area contributed by atoms with E-state index in [-0.39, 0.29) is 0 Å². The van der Waals surface area contributed by atoms with E-state index in [4.69, 9.17) is 0 Å². The molecule has 3 heteroatoms. The van der Waals surface area contributed by atoms with Crippen molar-refractivity contribution in [2.45, 2.75) is 63.3 Å². The van der Waals surface area contributed by atoms with E-state index in [2.05, 4.69) is 36.8 Å². The van der Waals surface area contributed by atoms with Crippen LogP contribution in [-0.4, -0.2) is 59.1 Å². The Kier molecular flexibility index (Phi) is 5.01. The average molecular weight is 270 g/mol. The molecule has 18 heavy (non-hydrogen) atoms. The van der Waals surface area contributed by atoms with Crippen LogP contribution in [0.2, 0.25) is 0 Å². The number of hydrogen-bond donors (Lipinski definition) is 0. The second-order valence-electron chi connectivity index (χ2n) is 6.60. The number of thioether (sulfide) groups is 1. The van der Waals surface area contributed by atoms with Crippen molar-refractivity contribution >= 4 is 11.8 Å². The van der Waals surface area contributed by atoms with E-state index in [1.807, 2.05) is 11.8 Å². The molecule has 0 aromatic rings. The molecule has 2 aliphatic heterocycles. The third-order valence-electron chi connectivity index (χ3n) is 4.76. The number of hydrogen-bond acceptors (Lipinski definition) is 3. The first-order valence-electron chi connectivity index (χ1n) is 7.59. The molecule has 106 valence electrons. The monoisotopic (exact) mass is 270 g/mol. The molecule has 0 saturated carbocycles. The lowest BCUT2D eigenvalue weighted by Crippen LogP contribution is -2.61. The van der Waals surface area contributed by atoms with Crippen molar-refractivity contribution < 1.29 is 0 Å². The van der Waals surface area contributed by atoms with Gasteiger partial charge in [0.1, 0.15) is 0 Å². The summed E-state index contributed by atoms with van der Waals surface area (Å²) in [4.78, 5) is 5.54. The molecule has 0 bridgehead atoms. The lowest BCUT2D eigenvalue weighted by Gasteiger charge is -2.50. The fourth-order valence-corrected chi connectivity index (χ4v) is 3.74. The second kappa shape index (κ2) is 6.15. The first-order chi connectivity index (χ1) is 8.55. The van der Waals surface area contributed by atoms with Crippen molar-refractivity contribution in [2.24, 2.45) is 0 Å². The summed E-state index contributed by atoms with van der Waals surface area (Å²) in [6.45, 7) is 12.3. The molecular weight excluding hydrogens is 240 g/mol. The van der Waals surface area contributed by atoms with Gasteiger partial charge in [0.15, 0.2) is 0 Å². The molecule has 2 atom stereocenters. The highest BCUT2D eigenvalue weighted by molar-refractivity contribution is 7.99. The smallest absolute Gasteiger partial charge is 0.0228 e. The molecular formula is C15H30N2S. The van der Waals surface area contributed by atoms with Crippen LogP contribution in [0.4, 0.5) is 0 Å². The van der Waals surface area contributed by atoms with Gasteiger partial charge in [-0.25, -0.2) is 0 Å². The Morgan fingerprint density at radius 2 is 2.00 bits per heavy atom. The van der Waals surface area contributed by atoms with Crippen LogP contribution in [0.15, 0.2) is 0 Å². The van der Waals surface area contributed by atoms with Crippen LogP contribution < -0.4 is 0 Å². The van der Waals surface area contributed by atoms with Crippen molar-refractivity contribution in [1.29, 1.82) is 0 Å². The van der Waals surface area contributed by atoms with Crippen LogP contribution in [0.1, 0.15) is 46.5 Å². The minimum absolute atomic E-state index is 0.393. The maximum Gasteiger partial charge on any atom is 0.0228 e. The Balaban J connectivity index is 1.99. The molecule has 2 unspecified atom stereocenters. The van der Waals surface area contributed by atoms with Gasteiger partial charge in [-0.1, -0.05) is 13.3 Å². The van der Waals surface area contributed by atoms with E-state index in [0.29, 0.717) is 4.75 Å². The summed E-state index contributed by atoms with van der Waals surface area (Å²) in [7, 11) is 0. The third-order valence-corrected chi connectivity index (χ3v) is 6.00. The zero-order chi connectivity index (χ0) is 13.2. The molecule has 0 radical (unpaired) electrons. The second-order valence-corrected chi connectivity index (χ2v) is 8.11. The Morgan fingerprint density at radius 3 is 2.67 bits per heavy atom. The molecule has 0 spiro atoms. The number of nitrogens with zero attached hydrogens (tertiary/aromatic N) is 2. The quantitative estimate of drug-likeness (QED) is 0.775. The van der Waals surface area contributed by atoms with Crippen molar-refractivity contribution in [3.05, 3.63) is 0 Å². The topological polar surface area (TPSA) is 6.48 Å². The predicted molar refractivity (Wildman–Crippen MR) is 82.5 cm³/mol. The summed E-state index contributed by atoms with van der Waals surface area (Å²) in [5.74, 6) is 0. The highest BCUT2D eigenvalue weighted by Gasteiger charge is 2.36. The van der Waals surface area contributed by atoms with Gasteiger partial charge in [-0.15, -0.1) is 0 Å². The molecule has 0 N–H and O–H groups in total.